The standard InChI is InChI=1S/C11H15N3OS/c1-8-7-14(4-5-16-8)11(15)9-2-3-10(12)13-6-9/h2-3,6,8H,4-5,7H2,1H3,(H2,12,13). The number of nitrogen functional groups attached to an aromatic ring is 1. The van der Waals surface area contributed by atoms with Gasteiger partial charge in [0.05, 0.1) is 5.56 Å². The van der Waals surface area contributed by atoms with Crippen molar-refractivity contribution in [3.8, 4) is 0 Å². The topological polar surface area (TPSA) is 59.2 Å². The third-order valence-electron chi connectivity index (χ3n) is 2.56. The van der Waals surface area contributed by atoms with Gasteiger partial charge in [0.1, 0.15) is 5.82 Å². The summed E-state index contributed by atoms with van der Waals surface area (Å²) in [4.78, 5) is 17.9. The summed E-state index contributed by atoms with van der Waals surface area (Å²) in [5, 5.41) is 0.513. The number of thioether (sulfide) groups is 1. The highest BCUT2D eigenvalue weighted by atomic mass is 32.2. The van der Waals surface area contributed by atoms with E-state index >= 15 is 0 Å². The highest BCUT2D eigenvalue weighted by Crippen LogP contribution is 2.19. The molecule has 1 aliphatic heterocycles. The molecule has 2 N–H and O–H groups in total. The van der Waals surface area contributed by atoms with Crippen LogP contribution in [0, 0.1) is 0 Å². The lowest BCUT2D eigenvalue weighted by molar-refractivity contribution is 0.0763. The van der Waals surface area contributed by atoms with Crippen molar-refractivity contribution in [2.24, 2.45) is 0 Å². The Bertz CT molecular complexity index is 379. The summed E-state index contributed by atoms with van der Waals surface area (Å²) in [5.41, 5.74) is 6.11. The highest BCUT2D eigenvalue weighted by Gasteiger charge is 2.22. The summed E-state index contributed by atoms with van der Waals surface area (Å²) in [6.07, 6.45) is 1.55. The molecule has 1 amide bonds. The zero-order chi connectivity index (χ0) is 11.5. The lowest BCUT2D eigenvalue weighted by atomic mass is 10.2. The van der Waals surface area contributed by atoms with E-state index in [4.69, 9.17) is 5.73 Å². The van der Waals surface area contributed by atoms with Crippen LogP contribution in [0.4, 0.5) is 5.82 Å². The Morgan fingerprint density at radius 2 is 2.44 bits per heavy atom. The van der Waals surface area contributed by atoms with Gasteiger partial charge in [0, 0.05) is 30.3 Å². The van der Waals surface area contributed by atoms with E-state index in [2.05, 4.69) is 11.9 Å². The van der Waals surface area contributed by atoms with Crippen LogP contribution in [0.5, 0.6) is 0 Å². The molecule has 1 fully saturated rings. The van der Waals surface area contributed by atoms with Crippen LogP contribution < -0.4 is 5.73 Å². The van der Waals surface area contributed by atoms with Crippen LogP contribution in [0.3, 0.4) is 0 Å². The number of carbonyl (C=O) groups is 1. The largest absolute Gasteiger partial charge is 0.384 e. The van der Waals surface area contributed by atoms with Crippen LogP contribution >= 0.6 is 11.8 Å². The molecule has 1 unspecified atom stereocenters. The number of hydrogen-bond donors (Lipinski definition) is 1. The second-order valence-corrected chi connectivity index (χ2v) is 5.45. The van der Waals surface area contributed by atoms with Gasteiger partial charge < -0.3 is 10.6 Å². The lowest BCUT2D eigenvalue weighted by Gasteiger charge is -2.30. The fourth-order valence-electron chi connectivity index (χ4n) is 1.72. The maximum atomic E-state index is 12.1. The van der Waals surface area contributed by atoms with Gasteiger partial charge in [-0.3, -0.25) is 4.79 Å². The third kappa shape index (κ3) is 2.47. The van der Waals surface area contributed by atoms with E-state index in [1.807, 2.05) is 16.7 Å². The first-order valence-electron chi connectivity index (χ1n) is 5.29. The fraction of sp³-hybridized carbons (Fsp3) is 0.455. The van der Waals surface area contributed by atoms with Gasteiger partial charge in [0.15, 0.2) is 0 Å². The van der Waals surface area contributed by atoms with Gasteiger partial charge in [-0.25, -0.2) is 4.98 Å². The molecule has 1 saturated heterocycles. The number of rotatable bonds is 1. The van der Waals surface area contributed by atoms with Crippen molar-refractivity contribution in [1.82, 2.24) is 9.88 Å². The lowest BCUT2D eigenvalue weighted by Crippen LogP contribution is -2.41. The van der Waals surface area contributed by atoms with Crippen LogP contribution in [0.25, 0.3) is 0 Å². The number of amides is 1. The zero-order valence-corrected chi connectivity index (χ0v) is 10.0. The minimum absolute atomic E-state index is 0.0552. The molecule has 1 aliphatic rings. The molecule has 0 radical (unpaired) electrons. The van der Waals surface area contributed by atoms with Crippen LogP contribution in [0.2, 0.25) is 0 Å². The molecule has 2 rings (SSSR count). The predicted octanol–water partition coefficient (Wildman–Crippen LogP) is 1.24. The van der Waals surface area contributed by atoms with Crippen molar-refractivity contribution in [2.75, 3.05) is 24.6 Å². The molecule has 0 aliphatic carbocycles. The molecule has 4 nitrogen and oxygen atoms in total. The SMILES string of the molecule is CC1CN(C(=O)c2ccc(N)nc2)CCS1. The van der Waals surface area contributed by atoms with Gasteiger partial charge in [-0.1, -0.05) is 6.92 Å². The van der Waals surface area contributed by atoms with Gasteiger partial charge >= 0.3 is 0 Å². The number of anilines is 1. The van der Waals surface area contributed by atoms with Crippen molar-refractivity contribution >= 4 is 23.5 Å². The van der Waals surface area contributed by atoms with Crippen molar-refractivity contribution in [3.63, 3.8) is 0 Å². The van der Waals surface area contributed by atoms with E-state index in [-0.39, 0.29) is 5.91 Å². The van der Waals surface area contributed by atoms with Gasteiger partial charge in [-0.2, -0.15) is 11.8 Å². The number of carbonyl (C=O) groups excluding carboxylic acids is 1. The molecule has 1 aromatic heterocycles. The number of nitrogens with zero attached hydrogens (tertiary/aromatic N) is 2. The van der Waals surface area contributed by atoms with E-state index in [0.29, 0.717) is 16.6 Å². The summed E-state index contributed by atoms with van der Waals surface area (Å²) < 4.78 is 0. The second-order valence-electron chi connectivity index (χ2n) is 3.90. The molecule has 0 saturated carbocycles. The predicted molar refractivity (Wildman–Crippen MR) is 66.5 cm³/mol. The average molecular weight is 237 g/mol. The molecule has 2 heterocycles. The van der Waals surface area contributed by atoms with E-state index in [9.17, 15) is 4.79 Å². The Kier molecular flexibility index (Phi) is 3.33. The van der Waals surface area contributed by atoms with Crippen molar-refractivity contribution in [1.29, 1.82) is 0 Å². The summed E-state index contributed by atoms with van der Waals surface area (Å²) in [6.45, 7) is 3.78. The Morgan fingerprint density at radius 1 is 1.62 bits per heavy atom. The number of pyridine rings is 1. The molecule has 0 spiro atoms. The molecule has 1 aromatic rings. The van der Waals surface area contributed by atoms with E-state index in [1.165, 1.54) is 0 Å². The molecular weight excluding hydrogens is 222 g/mol. The molecule has 0 bridgehead atoms. The van der Waals surface area contributed by atoms with Gasteiger partial charge in [-0.05, 0) is 12.1 Å². The maximum absolute atomic E-state index is 12.1. The first kappa shape index (κ1) is 11.3. The normalized spacial score (nSPS) is 20.8. The van der Waals surface area contributed by atoms with Crippen LogP contribution in [-0.2, 0) is 0 Å². The first-order chi connectivity index (χ1) is 7.66. The van der Waals surface area contributed by atoms with E-state index < -0.39 is 0 Å². The number of nitrogens with two attached hydrogens (primary N) is 1. The smallest absolute Gasteiger partial charge is 0.255 e. The summed E-state index contributed by atoms with van der Waals surface area (Å²) in [6, 6.07) is 3.40. The maximum Gasteiger partial charge on any atom is 0.255 e. The quantitative estimate of drug-likeness (QED) is 0.798. The van der Waals surface area contributed by atoms with Crippen molar-refractivity contribution in [2.45, 2.75) is 12.2 Å². The summed E-state index contributed by atoms with van der Waals surface area (Å²) in [5.74, 6) is 1.51. The Hall–Kier alpha value is -1.23. The zero-order valence-electron chi connectivity index (χ0n) is 9.22. The molecule has 0 aromatic carbocycles. The Labute approximate surface area is 99.2 Å². The fourth-order valence-corrected chi connectivity index (χ4v) is 2.73. The highest BCUT2D eigenvalue weighted by molar-refractivity contribution is 7.99. The van der Waals surface area contributed by atoms with Gasteiger partial charge in [-0.15, -0.1) is 0 Å². The van der Waals surface area contributed by atoms with E-state index in [0.717, 1.165) is 18.8 Å². The Balaban J connectivity index is 2.09. The Morgan fingerprint density at radius 3 is 3.06 bits per heavy atom. The van der Waals surface area contributed by atoms with Crippen LogP contribution in [-0.4, -0.2) is 39.9 Å². The van der Waals surface area contributed by atoms with Gasteiger partial charge in [0.2, 0.25) is 0 Å². The number of hydrogen-bond acceptors (Lipinski definition) is 4. The average Bonchev–Trinajstić information content (AvgIpc) is 2.29. The first-order valence-corrected chi connectivity index (χ1v) is 6.34. The second kappa shape index (κ2) is 4.74. The van der Waals surface area contributed by atoms with Gasteiger partial charge in [0.25, 0.3) is 5.91 Å². The van der Waals surface area contributed by atoms with Crippen LogP contribution in [0.15, 0.2) is 18.3 Å². The monoisotopic (exact) mass is 237 g/mol. The van der Waals surface area contributed by atoms with Crippen molar-refractivity contribution in [3.05, 3.63) is 23.9 Å². The molecular formula is C11H15N3OS. The minimum Gasteiger partial charge on any atom is -0.384 e. The molecule has 86 valence electrons. The minimum atomic E-state index is 0.0552. The van der Waals surface area contributed by atoms with Crippen molar-refractivity contribution < 1.29 is 4.79 Å². The van der Waals surface area contributed by atoms with Crippen LogP contribution in [0.1, 0.15) is 17.3 Å². The number of aromatic nitrogens is 1. The molecule has 5 heteroatoms. The van der Waals surface area contributed by atoms with E-state index in [1.54, 1.807) is 18.3 Å². The molecule has 16 heavy (non-hydrogen) atoms. The third-order valence-corrected chi connectivity index (χ3v) is 3.70. The summed E-state index contributed by atoms with van der Waals surface area (Å²) in [7, 11) is 0. The summed E-state index contributed by atoms with van der Waals surface area (Å²) >= 11 is 1.91. The molecule has 1 atom stereocenters.